The number of carboxylic acids is 1. The Balaban J connectivity index is 1.94. The number of rotatable bonds is 6. The lowest BCUT2D eigenvalue weighted by molar-refractivity contribution is 0.0696. The summed E-state index contributed by atoms with van der Waals surface area (Å²) in [7, 11) is 0. The van der Waals surface area contributed by atoms with Crippen LogP contribution in [0.3, 0.4) is 0 Å². The molecule has 1 aromatic rings. The van der Waals surface area contributed by atoms with Gasteiger partial charge in [-0.25, -0.2) is 4.79 Å². The third kappa shape index (κ3) is 3.98. The van der Waals surface area contributed by atoms with Crippen LogP contribution in [0.1, 0.15) is 34.8 Å². The van der Waals surface area contributed by atoms with Crippen molar-refractivity contribution < 1.29 is 9.90 Å². The highest BCUT2D eigenvalue weighted by Gasteiger charge is 2.17. The molecule has 1 aromatic carbocycles. The maximum Gasteiger partial charge on any atom is 0.335 e. The molecule has 0 spiro atoms. The number of thioether (sulfide) groups is 1. The van der Waals surface area contributed by atoms with Crippen molar-refractivity contribution in [1.82, 2.24) is 4.90 Å². The van der Waals surface area contributed by atoms with Crippen molar-refractivity contribution in [3.8, 4) is 0 Å². The lowest BCUT2D eigenvalue weighted by Gasteiger charge is -2.28. The van der Waals surface area contributed by atoms with E-state index in [1.165, 1.54) is 29.1 Å². The first-order valence-corrected chi connectivity index (χ1v) is 8.01. The molecule has 0 unspecified atom stereocenters. The monoisotopic (exact) mass is 279 g/mol. The molecule has 1 aliphatic rings. The molecule has 104 valence electrons. The molecular weight excluding hydrogens is 258 g/mol. The van der Waals surface area contributed by atoms with Crippen LogP contribution in [0.4, 0.5) is 0 Å². The molecule has 4 heteroatoms. The first kappa shape index (κ1) is 14.4. The molecule has 0 saturated carbocycles. The minimum atomic E-state index is -0.834. The minimum absolute atomic E-state index is 0.405. The number of hydrogen-bond donors (Lipinski definition) is 1. The maximum absolute atomic E-state index is 11.0. The molecular formula is C15H21NO2S. The third-order valence-corrected chi connectivity index (χ3v) is 4.50. The fourth-order valence-electron chi connectivity index (χ4n) is 2.47. The summed E-state index contributed by atoms with van der Waals surface area (Å²) in [6.07, 6.45) is 2.25. The standard InChI is InChI=1S/C15H21NO2S/c1-2-19-9-3-7-16-8-6-12-4-5-13(15(17)18)10-14(12)11-16/h4-5,10H,2-3,6-9,11H2,1H3,(H,17,18). The number of aromatic carboxylic acids is 1. The molecule has 1 heterocycles. The quantitative estimate of drug-likeness (QED) is 0.813. The van der Waals surface area contributed by atoms with E-state index in [1.807, 2.05) is 23.9 Å². The van der Waals surface area contributed by atoms with Gasteiger partial charge in [0.25, 0.3) is 0 Å². The van der Waals surface area contributed by atoms with Crippen molar-refractivity contribution in [2.45, 2.75) is 26.3 Å². The molecule has 2 rings (SSSR count). The largest absolute Gasteiger partial charge is 0.478 e. The third-order valence-electron chi connectivity index (χ3n) is 3.51. The average Bonchev–Trinajstić information content (AvgIpc) is 2.42. The van der Waals surface area contributed by atoms with Gasteiger partial charge in [0.15, 0.2) is 0 Å². The summed E-state index contributed by atoms with van der Waals surface area (Å²) in [6.45, 7) is 5.29. The lowest BCUT2D eigenvalue weighted by atomic mass is 9.97. The summed E-state index contributed by atoms with van der Waals surface area (Å²) >= 11 is 1.98. The Morgan fingerprint density at radius 1 is 1.42 bits per heavy atom. The number of hydrogen-bond acceptors (Lipinski definition) is 3. The van der Waals surface area contributed by atoms with Gasteiger partial charge < -0.3 is 5.11 Å². The summed E-state index contributed by atoms with van der Waals surface area (Å²) in [5, 5.41) is 9.04. The van der Waals surface area contributed by atoms with Crippen molar-refractivity contribution in [2.24, 2.45) is 0 Å². The van der Waals surface area contributed by atoms with E-state index in [0.29, 0.717) is 5.56 Å². The van der Waals surface area contributed by atoms with Crippen molar-refractivity contribution in [3.63, 3.8) is 0 Å². The van der Waals surface area contributed by atoms with E-state index >= 15 is 0 Å². The molecule has 0 fully saturated rings. The topological polar surface area (TPSA) is 40.5 Å². The van der Waals surface area contributed by atoms with E-state index in [0.717, 1.165) is 26.1 Å². The molecule has 0 amide bonds. The molecule has 0 saturated heterocycles. The van der Waals surface area contributed by atoms with Crippen LogP contribution in [0.25, 0.3) is 0 Å². The van der Waals surface area contributed by atoms with E-state index in [4.69, 9.17) is 5.11 Å². The Bertz CT molecular complexity index is 448. The van der Waals surface area contributed by atoms with Gasteiger partial charge in [0.1, 0.15) is 0 Å². The highest BCUT2D eigenvalue weighted by Crippen LogP contribution is 2.21. The van der Waals surface area contributed by atoms with Crippen LogP contribution in [0.5, 0.6) is 0 Å². The van der Waals surface area contributed by atoms with Gasteiger partial charge in [0.05, 0.1) is 5.56 Å². The van der Waals surface area contributed by atoms with Gasteiger partial charge in [-0.05, 0) is 54.2 Å². The Labute approximate surface area is 119 Å². The number of carboxylic acid groups (broad SMARTS) is 1. The fraction of sp³-hybridized carbons (Fsp3) is 0.533. The number of carbonyl (C=O) groups is 1. The predicted octanol–water partition coefficient (Wildman–Crippen LogP) is 2.89. The van der Waals surface area contributed by atoms with Crippen LogP contribution in [0.2, 0.25) is 0 Å². The number of benzene rings is 1. The molecule has 3 nitrogen and oxygen atoms in total. The van der Waals surface area contributed by atoms with E-state index in [-0.39, 0.29) is 0 Å². The van der Waals surface area contributed by atoms with Crippen molar-refractivity contribution in [2.75, 3.05) is 24.6 Å². The zero-order valence-corrected chi connectivity index (χ0v) is 12.2. The van der Waals surface area contributed by atoms with Gasteiger partial charge in [-0.2, -0.15) is 11.8 Å². The summed E-state index contributed by atoms with van der Waals surface area (Å²) < 4.78 is 0. The van der Waals surface area contributed by atoms with Crippen LogP contribution in [-0.2, 0) is 13.0 Å². The van der Waals surface area contributed by atoms with Crippen LogP contribution in [0, 0.1) is 0 Å². The Morgan fingerprint density at radius 3 is 3.00 bits per heavy atom. The van der Waals surface area contributed by atoms with Gasteiger partial charge in [-0.15, -0.1) is 0 Å². The first-order chi connectivity index (χ1) is 9.20. The average molecular weight is 279 g/mol. The van der Waals surface area contributed by atoms with Crippen LogP contribution in [0.15, 0.2) is 18.2 Å². The second-order valence-corrected chi connectivity index (χ2v) is 6.26. The molecule has 1 N–H and O–H groups in total. The highest BCUT2D eigenvalue weighted by molar-refractivity contribution is 7.99. The highest BCUT2D eigenvalue weighted by atomic mass is 32.2. The molecule has 1 aliphatic heterocycles. The molecule has 0 aromatic heterocycles. The van der Waals surface area contributed by atoms with Gasteiger partial charge in [-0.1, -0.05) is 13.0 Å². The molecule has 0 aliphatic carbocycles. The van der Waals surface area contributed by atoms with Crippen LogP contribution < -0.4 is 0 Å². The van der Waals surface area contributed by atoms with Crippen molar-refractivity contribution in [3.05, 3.63) is 34.9 Å². The Morgan fingerprint density at radius 2 is 2.26 bits per heavy atom. The summed E-state index contributed by atoms with van der Waals surface area (Å²) in [5.41, 5.74) is 2.90. The Hall–Kier alpha value is -1.00. The molecule has 0 atom stereocenters. The van der Waals surface area contributed by atoms with Gasteiger partial charge in [-0.3, -0.25) is 4.90 Å². The van der Waals surface area contributed by atoms with Gasteiger partial charge in [0.2, 0.25) is 0 Å². The number of nitrogens with zero attached hydrogens (tertiary/aromatic N) is 1. The Kier molecular flexibility index (Phi) is 5.28. The second-order valence-electron chi connectivity index (χ2n) is 4.87. The SMILES string of the molecule is CCSCCCN1CCc2ccc(C(=O)O)cc2C1. The molecule has 0 bridgehead atoms. The number of fused-ring (bicyclic) bond motifs is 1. The van der Waals surface area contributed by atoms with Gasteiger partial charge >= 0.3 is 5.97 Å². The first-order valence-electron chi connectivity index (χ1n) is 6.86. The minimum Gasteiger partial charge on any atom is -0.478 e. The fourth-order valence-corrected chi connectivity index (χ4v) is 3.10. The maximum atomic E-state index is 11.0. The van der Waals surface area contributed by atoms with Crippen LogP contribution >= 0.6 is 11.8 Å². The lowest BCUT2D eigenvalue weighted by Crippen LogP contribution is -2.31. The van der Waals surface area contributed by atoms with Crippen molar-refractivity contribution >= 4 is 17.7 Å². The second kappa shape index (κ2) is 6.96. The normalized spacial score (nSPS) is 15.2. The zero-order valence-electron chi connectivity index (χ0n) is 11.4. The zero-order chi connectivity index (χ0) is 13.7. The van der Waals surface area contributed by atoms with Gasteiger partial charge in [0, 0.05) is 13.1 Å². The predicted molar refractivity (Wildman–Crippen MR) is 80.0 cm³/mol. The molecule has 0 radical (unpaired) electrons. The van der Waals surface area contributed by atoms with E-state index in [2.05, 4.69) is 11.8 Å². The summed E-state index contributed by atoms with van der Waals surface area (Å²) in [5.74, 6) is 1.57. The smallest absolute Gasteiger partial charge is 0.335 e. The van der Waals surface area contributed by atoms with E-state index in [9.17, 15) is 4.79 Å². The van der Waals surface area contributed by atoms with E-state index in [1.54, 1.807) is 6.07 Å². The van der Waals surface area contributed by atoms with E-state index < -0.39 is 5.97 Å². The summed E-state index contributed by atoms with van der Waals surface area (Å²) in [6, 6.07) is 5.53. The van der Waals surface area contributed by atoms with Crippen molar-refractivity contribution in [1.29, 1.82) is 0 Å². The summed E-state index contributed by atoms with van der Waals surface area (Å²) in [4.78, 5) is 13.4. The molecule has 19 heavy (non-hydrogen) atoms. The van der Waals surface area contributed by atoms with Crippen LogP contribution in [-0.4, -0.2) is 40.6 Å².